The molecule has 8 nitrogen and oxygen atoms in total. The molecule has 0 bridgehead atoms. The molecule has 3 aromatic carbocycles. The van der Waals surface area contributed by atoms with Gasteiger partial charge in [0.1, 0.15) is 23.4 Å². The summed E-state index contributed by atoms with van der Waals surface area (Å²) in [5, 5.41) is 3.40. The van der Waals surface area contributed by atoms with Gasteiger partial charge in [-0.3, -0.25) is 9.59 Å². The number of anilines is 1. The lowest BCUT2D eigenvalue weighted by atomic mass is 10.0. The quantitative estimate of drug-likeness (QED) is 0.180. The summed E-state index contributed by atoms with van der Waals surface area (Å²) < 4.78 is 24.2. The first kappa shape index (κ1) is 29.5. The number of nitrogens with one attached hydrogen (secondary N) is 1. The number of hydrogen-bond donors (Lipinski definition) is 1. The molecule has 2 amide bonds. The number of nitrogens with zero attached hydrogens (tertiary/aromatic N) is 3. The van der Waals surface area contributed by atoms with Gasteiger partial charge in [-0.25, -0.2) is 14.4 Å². The van der Waals surface area contributed by atoms with Crippen molar-refractivity contribution in [3.8, 4) is 11.5 Å². The van der Waals surface area contributed by atoms with E-state index in [0.717, 1.165) is 11.4 Å². The van der Waals surface area contributed by atoms with E-state index in [-0.39, 0.29) is 18.2 Å². The predicted octanol–water partition coefficient (Wildman–Crippen LogP) is 5.75. The zero-order valence-corrected chi connectivity index (χ0v) is 24.1. The Kier molecular flexibility index (Phi) is 9.91. The molecule has 4 rings (SSSR count). The maximum atomic E-state index is 13.9. The standard InChI is InChI=1S/C31H31FN4O4S/c1-20-17-21(2)34-31(33-20)41-19-28(37)36(18-22-5-9-24(32)10-6-22)29(23-7-13-26(39-3)14-8-23)30(38)35-25-11-15-27(40-4)16-12-25/h5-17,29H,18-19H2,1-4H3,(H,35,38). The first-order chi connectivity index (χ1) is 19.7. The van der Waals surface area contributed by atoms with Crippen molar-refractivity contribution in [2.45, 2.75) is 31.6 Å². The number of benzene rings is 3. The second-order valence-corrected chi connectivity index (χ2v) is 10.2. The van der Waals surface area contributed by atoms with Gasteiger partial charge in [-0.15, -0.1) is 0 Å². The average Bonchev–Trinajstić information content (AvgIpc) is 2.97. The number of ether oxygens (including phenoxy) is 2. The number of rotatable bonds is 11. The Morgan fingerprint density at radius 3 is 2.00 bits per heavy atom. The van der Waals surface area contributed by atoms with Crippen LogP contribution in [0.4, 0.5) is 10.1 Å². The summed E-state index contributed by atoms with van der Waals surface area (Å²) in [5.41, 5.74) is 3.39. The molecule has 0 aliphatic heterocycles. The van der Waals surface area contributed by atoms with E-state index in [0.29, 0.717) is 33.5 Å². The normalized spacial score (nSPS) is 11.4. The van der Waals surface area contributed by atoms with Gasteiger partial charge in [0.25, 0.3) is 5.91 Å². The minimum Gasteiger partial charge on any atom is -0.497 e. The summed E-state index contributed by atoms with van der Waals surface area (Å²) in [7, 11) is 3.12. The Labute approximate surface area is 242 Å². The highest BCUT2D eigenvalue weighted by atomic mass is 32.2. The first-order valence-electron chi connectivity index (χ1n) is 12.8. The van der Waals surface area contributed by atoms with E-state index in [1.54, 1.807) is 74.9 Å². The lowest BCUT2D eigenvalue weighted by Gasteiger charge is -2.31. The molecule has 1 N–H and O–H groups in total. The summed E-state index contributed by atoms with van der Waals surface area (Å²) >= 11 is 1.20. The first-order valence-corrected chi connectivity index (χ1v) is 13.8. The zero-order valence-electron chi connectivity index (χ0n) is 23.3. The minimum absolute atomic E-state index is 0.00738. The third-order valence-corrected chi connectivity index (χ3v) is 7.05. The van der Waals surface area contributed by atoms with E-state index in [1.165, 1.54) is 28.8 Å². The molecule has 0 aliphatic rings. The van der Waals surface area contributed by atoms with Gasteiger partial charge in [-0.1, -0.05) is 36.0 Å². The van der Waals surface area contributed by atoms with Crippen LogP contribution in [-0.4, -0.2) is 46.7 Å². The number of aryl methyl sites for hydroxylation is 2. The number of carbonyl (C=O) groups is 2. The number of methoxy groups -OCH3 is 2. The molecule has 0 radical (unpaired) electrons. The van der Waals surface area contributed by atoms with Gasteiger partial charge in [-0.2, -0.15) is 0 Å². The molecule has 0 saturated carbocycles. The van der Waals surface area contributed by atoms with E-state index in [4.69, 9.17) is 9.47 Å². The van der Waals surface area contributed by atoms with Crippen LogP contribution in [-0.2, 0) is 16.1 Å². The third kappa shape index (κ3) is 8.04. The number of thioether (sulfide) groups is 1. The lowest BCUT2D eigenvalue weighted by Crippen LogP contribution is -2.41. The van der Waals surface area contributed by atoms with Crippen molar-refractivity contribution in [1.82, 2.24) is 14.9 Å². The van der Waals surface area contributed by atoms with Crippen molar-refractivity contribution in [1.29, 1.82) is 0 Å². The second kappa shape index (κ2) is 13.8. The molecule has 41 heavy (non-hydrogen) atoms. The predicted molar refractivity (Wildman–Crippen MR) is 157 cm³/mol. The maximum absolute atomic E-state index is 13.9. The largest absolute Gasteiger partial charge is 0.497 e. The lowest BCUT2D eigenvalue weighted by molar-refractivity contribution is -0.137. The highest BCUT2D eigenvalue weighted by molar-refractivity contribution is 7.99. The Balaban J connectivity index is 1.70. The van der Waals surface area contributed by atoms with Crippen molar-refractivity contribution in [2.75, 3.05) is 25.3 Å². The van der Waals surface area contributed by atoms with E-state index < -0.39 is 17.8 Å². The Hall–Kier alpha value is -4.44. The Morgan fingerprint density at radius 1 is 0.878 bits per heavy atom. The average molecular weight is 575 g/mol. The molecule has 1 atom stereocenters. The second-order valence-electron chi connectivity index (χ2n) is 9.26. The molecule has 1 heterocycles. The van der Waals surface area contributed by atoms with Gasteiger partial charge in [0, 0.05) is 23.6 Å². The van der Waals surface area contributed by atoms with Crippen molar-refractivity contribution in [3.05, 3.63) is 107 Å². The van der Waals surface area contributed by atoms with Crippen LogP contribution in [0.15, 0.2) is 84.0 Å². The van der Waals surface area contributed by atoms with Crippen molar-refractivity contribution in [3.63, 3.8) is 0 Å². The molecule has 1 unspecified atom stereocenters. The molecular formula is C31H31FN4O4S. The summed E-state index contributed by atoms with van der Waals surface area (Å²) in [6, 6.07) is 20.6. The SMILES string of the molecule is COc1ccc(NC(=O)C(c2ccc(OC)cc2)N(Cc2ccc(F)cc2)C(=O)CSc2nc(C)cc(C)n2)cc1. The number of carbonyl (C=O) groups excluding carboxylic acids is 2. The summed E-state index contributed by atoms with van der Waals surface area (Å²) in [4.78, 5) is 38.1. The number of hydrogen-bond acceptors (Lipinski definition) is 7. The zero-order chi connectivity index (χ0) is 29.4. The van der Waals surface area contributed by atoms with Crippen LogP contribution in [0.5, 0.6) is 11.5 Å². The molecule has 1 aromatic heterocycles. The fourth-order valence-corrected chi connectivity index (χ4v) is 5.06. The molecule has 4 aromatic rings. The van der Waals surface area contributed by atoms with Crippen LogP contribution in [0.25, 0.3) is 0 Å². The van der Waals surface area contributed by atoms with E-state index in [2.05, 4.69) is 15.3 Å². The minimum atomic E-state index is -1.01. The highest BCUT2D eigenvalue weighted by Gasteiger charge is 2.32. The molecule has 0 saturated heterocycles. The number of halogens is 1. The van der Waals surface area contributed by atoms with Crippen LogP contribution >= 0.6 is 11.8 Å². The topological polar surface area (TPSA) is 93.7 Å². The van der Waals surface area contributed by atoms with Crippen molar-refractivity contribution in [2.24, 2.45) is 0 Å². The smallest absolute Gasteiger partial charge is 0.251 e. The van der Waals surface area contributed by atoms with E-state index in [1.807, 2.05) is 19.9 Å². The number of aromatic nitrogens is 2. The summed E-state index contributed by atoms with van der Waals surface area (Å²) in [5.74, 6) is 0.136. The van der Waals surface area contributed by atoms with Gasteiger partial charge in [0.2, 0.25) is 5.91 Å². The monoisotopic (exact) mass is 574 g/mol. The van der Waals surface area contributed by atoms with E-state index >= 15 is 0 Å². The Bertz CT molecular complexity index is 1460. The van der Waals surface area contributed by atoms with Gasteiger partial charge in [-0.05, 0) is 79.6 Å². The molecule has 10 heteroatoms. The van der Waals surface area contributed by atoms with Gasteiger partial charge >= 0.3 is 0 Å². The van der Waals surface area contributed by atoms with Crippen LogP contribution in [0.2, 0.25) is 0 Å². The van der Waals surface area contributed by atoms with Gasteiger partial charge in [0.15, 0.2) is 5.16 Å². The molecular weight excluding hydrogens is 543 g/mol. The van der Waals surface area contributed by atoms with Crippen LogP contribution in [0, 0.1) is 19.7 Å². The van der Waals surface area contributed by atoms with E-state index in [9.17, 15) is 14.0 Å². The molecule has 0 fully saturated rings. The molecule has 0 spiro atoms. The fraction of sp³-hybridized carbons (Fsp3) is 0.226. The van der Waals surface area contributed by atoms with Crippen LogP contribution < -0.4 is 14.8 Å². The summed E-state index contributed by atoms with van der Waals surface area (Å²) in [6.45, 7) is 3.80. The highest BCUT2D eigenvalue weighted by Crippen LogP contribution is 2.29. The molecule has 0 aliphatic carbocycles. The van der Waals surface area contributed by atoms with Gasteiger partial charge < -0.3 is 19.7 Å². The fourth-order valence-electron chi connectivity index (χ4n) is 4.22. The Morgan fingerprint density at radius 2 is 1.44 bits per heavy atom. The molecule has 212 valence electrons. The van der Waals surface area contributed by atoms with Crippen molar-refractivity contribution < 1.29 is 23.5 Å². The van der Waals surface area contributed by atoms with Gasteiger partial charge in [0.05, 0.1) is 20.0 Å². The summed E-state index contributed by atoms with van der Waals surface area (Å²) in [6.07, 6.45) is 0. The number of amides is 2. The third-order valence-electron chi connectivity index (χ3n) is 6.22. The van der Waals surface area contributed by atoms with Crippen molar-refractivity contribution >= 4 is 29.3 Å². The van der Waals surface area contributed by atoms with Crippen LogP contribution in [0.3, 0.4) is 0 Å². The van der Waals surface area contributed by atoms with Crippen LogP contribution in [0.1, 0.15) is 28.6 Å². The maximum Gasteiger partial charge on any atom is 0.251 e.